The Hall–Kier alpha value is -4.04. The van der Waals surface area contributed by atoms with E-state index in [0.717, 1.165) is 5.69 Å². The molecule has 0 aliphatic carbocycles. The number of aromatic nitrogens is 2. The number of rotatable bonds is 8. The number of hydrogen-bond donors (Lipinski definition) is 5. The molecule has 1 aromatic heterocycles. The van der Waals surface area contributed by atoms with Crippen LogP contribution in [0.25, 0.3) is 0 Å². The molecule has 0 saturated heterocycles. The summed E-state index contributed by atoms with van der Waals surface area (Å²) in [6.45, 7) is 0. The minimum atomic E-state index is -4.41. The van der Waals surface area contributed by atoms with Gasteiger partial charge in [-0.1, -0.05) is 30.3 Å². The number of hydrogen-bond acceptors (Lipinski definition) is 9. The molecular formula is C22H19N5O6S2. The lowest BCUT2D eigenvalue weighted by atomic mass is 10.3. The molecule has 0 fully saturated rings. The van der Waals surface area contributed by atoms with Crippen LogP contribution in [0.4, 0.5) is 34.6 Å². The predicted octanol–water partition coefficient (Wildman–Crippen LogP) is 4.20. The summed E-state index contributed by atoms with van der Waals surface area (Å²) in [6, 6.07) is 21.8. The monoisotopic (exact) mass is 513 g/mol. The molecule has 3 aromatic carbocycles. The van der Waals surface area contributed by atoms with Crippen molar-refractivity contribution < 1.29 is 25.9 Å². The van der Waals surface area contributed by atoms with Crippen LogP contribution in [-0.4, -0.2) is 35.9 Å². The van der Waals surface area contributed by atoms with E-state index in [1.165, 1.54) is 36.4 Å². The first-order valence-electron chi connectivity index (χ1n) is 9.97. The molecule has 35 heavy (non-hydrogen) atoms. The average molecular weight is 514 g/mol. The summed E-state index contributed by atoms with van der Waals surface area (Å²) in [5.41, 5.74) is 1.38. The summed E-state index contributed by atoms with van der Waals surface area (Å²) in [5.74, 6) is 0.708. The molecule has 13 heteroatoms. The Morgan fingerprint density at radius 3 is 1.51 bits per heavy atom. The van der Waals surface area contributed by atoms with Gasteiger partial charge in [-0.25, -0.2) is 0 Å². The fourth-order valence-electron chi connectivity index (χ4n) is 3.05. The summed E-state index contributed by atoms with van der Waals surface area (Å²) in [4.78, 5) is 8.15. The molecule has 0 saturated carbocycles. The third-order valence-corrected chi connectivity index (χ3v) is 6.26. The lowest BCUT2D eigenvalue weighted by Gasteiger charge is -2.13. The van der Waals surface area contributed by atoms with Gasteiger partial charge in [-0.2, -0.15) is 26.8 Å². The Kier molecular flexibility index (Phi) is 6.66. The third-order valence-electron chi connectivity index (χ3n) is 4.56. The SMILES string of the molecule is O=S(=O)(O)c1cccc(Nc2cc(Nc3ccccc3)nc(Nc3cccc(S(=O)(=O)O)c3)n2)c1. The van der Waals surface area contributed by atoms with Crippen molar-refractivity contribution in [1.82, 2.24) is 9.97 Å². The smallest absolute Gasteiger partial charge is 0.294 e. The molecule has 4 aromatic rings. The van der Waals surface area contributed by atoms with Crippen molar-refractivity contribution in [2.24, 2.45) is 0 Å². The zero-order valence-corrected chi connectivity index (χ0v) is 19.5. The zero-order valence-electron chi connectivity index (χ0n) is 17.8. The van der Waals surface area contributed by atoms with E-state index < -0.39 is 20.2 Å². The standard InChI is InChI=1S/C22H19N5O6S2/c28-34(29,30)18-10-4-8-16(12-18)24-21-14-20(23-15-6-2-1-3-7-15)26-22(27-21)25-17-9-5-11-19(13-17)35(31,32)33/h1-14H,(H,28,29,30)(H,31,32,33)(H3,23,24,25,26,27). The molecule has 0 aliphatic heterocycles. The van der Waals surface area contributed by atoms with Crippen LogP contribution < -0.4 is 16.0 Å². The van der Waals surface area contributed by atoms with Crippen LogP contribution in [0.1, 0.15) is 0 Å². The average Bonchev–Trinajstić information content (AvgIpc) is 2.79. The van der Waals surface area contributed by atoms with Crippen LogP contribution in [0.5, 0.6) is 0 Å². The summed E-state index contributed by atoms with van der Waals surface area (Å²) >= 11 is 0. The van der Waals surface area contributed by atoms with Gasteiger partial charge in [-0.15, -0.1) is 0 Å². The zero-order chi connectivity index (χ0) is 25.1. The predicted molar refractivity (Wildman–Crippen MR) is 131 cm³/mol. The van der Waals surface area contributed by atoms with Crippen molar-refractivity contribution in [2.45, 2.75) is 9.79 Å². The van der Waals surface area contributed by atoms with E-state index in [1.807, 2.05) is 30.3 Å². The van der Waals surface area contributed by atoms with Crippen molar-refractivity contribution in [3.63, 3.8) is 0 Å². The van der Waals surface area contributed by atoms with Gasteiger partial charge in [-0.05, 0) is 48.5 Å². The van der Waals surface area contributed by atoms with Crippen molar-refractivity contribution >= 4 is 54.9 Å². The van der Waals surface area contributed by atoms with Gasteiger partial charge in [0.05, 0.1) is 9.79 Å². The number of para-hydroxylation sites is 1. The van der Waals surface area contributed by atoms with Gasteiger partial charge in [0.2, 0.25) is 5.95 Å². The van der Waals surface area contributed by atoms with E-state index in [4.69, 9.17) is 0 Å². The molecule has 0 amide bonds. The minimum absolute atomic E-state index is 0.0758. The topological polar surface area (TPSA) is 171 Å². The maximum Gasteiger partial charge on any atom is 0.294 e. The lowest BCUT2D eigenvalue weighted by Crippen LogP contribution is -2.05. The first-order valence-corrected chi connectivity index (χ1v) is 12.8. The van der Waals surface area contributed by atoms with Gasteiger partial charge in [0.25, 0.3) is 20.2 Å². The Morgan fingerprint density at radius 1 is 0.543 bits per heavy atom. The number of anilines is 6. The highest BCUT2D eigenvalue weighted by Crippen LogP contribution is 2.25. The lowest BCUT2D eigenvalue weighted by molar-refractivity contribution is 0.481. The van der Waals surface area contributed by atoms with Crippen LogP contribution in [0.2, 0.25) is 0 Å². The third kappa shape index (κ3) is 6.51. The molecule has 0 spiro atoms. The van der Waals surface area contributed by atoms with Crippen LogP contribution in [0.15, 0.2) is 94.7 Å². The van der Waals surface area contributed by atoms with Gasteiger partial charge in [-0.3, -0.25) is 9.11 Å². The molecule has 0 atom stereocenters. The van der Waals surface area contributed by atoms with Crippen LogP contribution >= 0.6 is 0 Å². The van der Waals surface area contributed by atoms with Gasteiger partial charge < -0.3 is 16.0 Å². The highest BCUT2D eigenvalue weighted by molar-refractivity contribution is 7.86. The molecule has 1 heterocycles. The fraction of sp³-hybridized carbons (Fsp3) is 0. The van der Waals surface area contributed by atoms with Crippen LogP contribution in [0, 0.1) is 0 Å². The van der Waals surface area contributed by atoms with E-state index >= 15 is 0 Å². The number of benzene rings is 3. The Morgan fingerprint density at radius 2 is 1.00 bits per heavy atom. The molecule has 0 radical (unpaired) electrons. The van der Waals surface area contributed by atoms with Crippen molar-refractivity contribution in [3.05, 3.63) is 84.9 Å². The first kappa shape index (κ1) is 24.1. The normalized spacial score (nSPS) is 11.6. The fourth-order valence-corrected chi connectivity index (χ4v) is 4.10. The van der Waals surface area contributed by atoms with Crippen molar-refractivity contribution in [3.8, 4) is 0 Å². The minimum Gasteiger partial charge on any atom is -0.340 e. The van der Waals surface area contributed by atoms with Crippen LogP contribution in [-0.2, 0) is 20.2 Å². The second kappa shape index (κ2) is 9.68. The Balaban J connectivity index is 1.70. The van der Waals surface area contributed by atoms with E-state index in [2.05, 4.69) is 25.9 Å². The molecule has 4 rings (SSSR count). The summed E-state index contributed by atoms with van der Waals surface area (Å²) < 4.78 is 64.5. The number of nitrogens with zero attached hydrogens (tertiary/aromatic N) is 2. The Labute approximate surface area is 201 Å². The first-order chi connectivity index (χ1) is 16.6. The molecule has 0 unspecified atom stereocenters. The molecule has 11 nitrogen and oxygen atoms in total. The van der Waals surface area contributed by atoms with Gasteiger partial charge >= 0.3 is 0 Å². The van der Waals surface area contributed by atoms with E-state index in [0.29, 0.717) is 17.2 Å². The molecule has 180 valence electrons. The van der Waals surface area contributed by atoms with Gasteiger partial charge in [0, 0.05) is 23.1 Å². The van der Waals surface area contributed by atoms with E-state index in [-0.39, 0.29) is 21.6 Å². The second-order valence-corrected chi connectivity index (χ2v) is 10.1. The molecule has 0 aliphatic rings. The summed E-state index contributed by atoms with van der Waals surface area (Å²) in [5, 5.41) is 8.98. The van der Waals surface area contributed by atoms with Crippen molar-refractivity contribution in [2.75, 3.05) is 16.0 Å². The van der Waals surface area contributed by atoms with Crippen molar-refractivity contribution in [1.29, 1.82) is 0 Å². The molecular weight excluding hydrogens is 494 g/mol. The maximum atomic E-state index is 11.5. The molecule has 5 N–H and O–H groups in total. The summed E-state index contributed by atoms with van der Waals surface area (Å²) in [7, 11) is -8.80. The highest BCUT2D eigenvalue weighted by Gasteiger charge is 2.13. The Bertz CT molecular complexity index is 1480. The van der Waals surface area contributed by atoms with E-state index in [9.17, 15) is 25.9 Å². The van der Waals surface area contributed by atoms with E-state index in [1.54, 1.807) is 18.2 Å². The highest BCUT2D eigenvalue weighted by atomic mass is 32.2. The van der Waals surface area contributed by atoms with Gasteiger partial charge in [0.15, 0.2) is 0 Å². The summed E-state index contributed by atoms with van der Waals surface area (Å²) in [6.07, 6.45) is 0. The van der Waals surface area contributed by atoms with Gasteiger partial charge in [0.1, 0.15) is 11.6 Å². The van der Waals surface area contributed by atoms with Crippen LogP contribution in [0.3, 0.4) is 0 Å². The largest absolute Gasteiger partial charge is 0.340 e. The quantitative estimate of drug-likeness (QED) is 0.214. The molecule has 0 bridgehead atoms. The second-order valence-electron chi connectivity index (χ2n) is 7.21. The number of nitrogens with one attached hydrogen (secondary N) is 3. The maximum absolute atomic E-state index is 11.5.